The van der Waals surface area contributed by atoms with Gasteiger partial charge < -0.3 is 15.0 Å². The van der Waals surface area contributed by atoms with Crippen LogP contribution in [0, 0.1) is 0 Å². The molecule has 0 aliphatic carbocycles. The zero-order valence-electron chi connectivity index (χ0n) is 13.7. The van der Waals surface area contributed by atoms with E-state index < -0.39 is 0 Å². The van der Waals surface area contributed by atoms with Crippen molar-refractivity contribution in [2.24, 2.45) is 0 Å². The number of hydrogen-bond acceptors (Lipinski definition) is 5. The van der Waals surface area contributed by atoms with Crippen molar-refractivity contribution in [3.05, 3.63) is 41.4 Å². The van der Waals surface area contributed by atoms with Crippen molar-refractivity contribution in [1.82, 2.24) is 19.5 Å². The molecule has 2 aromatic heterocycles. The van der Waals surface area contributed by atoms with E-state index in [1.54, 1.807) is 6.33 Å². The second-order valence-electron chi connectivity index (χ2n) is 5.87. The maximum atomic E-state index is 9.08. The molecule has 6 nitrogen and oxygen atoms in total. The molecular weight excluding hydrogens is 326 g/mol. The third-order valence-electron chi connectivity index (χ3n) is 3.67. The van der Waals surface area contributed by atoms with Gasteiger partial charge in [-0.3, -0.25) is 0 Å². The van der Waals surface area contributed by atoms with Crippen LogP contribution < -0.4 is 5.32 Å². The first-order valence-electron chi connectivity index (χ1n) is 7.95. The van der Waals surface area contributed by atoms with Crippen LogP contribution >= 0.6 is 11.6 Å². The molecule has 3 aromatic rings. The Bertz CT molecular complexity index is 846. The minimum Gasteiger partial charge on any atom is -0.396 e. The molecule has 0 saturated carbocycles. The van der Waals surface area contributed by atoms with Gasteiger partial charge in [0.2, 0.25) is 0 Å². The summed E-state index contributed by atoms with van der Waals surface area (Å²) in [4.78, 5) is 13.7. The van der Waals surface area contributed by atoms with E-state index in [0.29, 0.717) is 29.5 Å². The molecule has 3 rings (SSSR count). The van der Waals surface area contributed by atoms with Gasteiger partial charge in [0.25, 0.3) is 0 Å². The summed E-state index contributed by atoms with van der Waals surface area (Å²) < 4.78 is 2.02. The Kier molecular flexibility index (Phi) is 4.97. The Morgan fingerprint density at radius 3 is 2.83 bits per heavy atom. The van der Waals surface area contributed by atoms with Crippen molar-refractivity contribution in [3.63, 3.8) is 0 Å². The van der Waals surface area contributed by atoms with E-state index in [1.165, 1.54) is 0 Å². The van der Waals surface area contributed by atoms with Gasteiger partial charge in [-0.2, -0.15) is 0 Å². The van der Waals surface area contributed by atoms with Crippen LogP contribution in [0.4, 0.5) is 11.5 Å². The van der Waals surface area contributed by atoms with Gasteiger partial charge in [0.05, 0.1) is 6.33 Å². The minimum absolute atomic E-state index is 0.113. The molecule has 0 spiro atoms. The molecule has 0 bridgehead atoms. The van der Waals surface area contributed by atoms with Crippen molar-refractivity contribution in [3.8, 4) is 0 Å². The molecule has 0 amide bonds. The van der Waals surface area contributed by atoms with Crippen molar-refractivity contribution in [1.29, 1.82) is 0 Å². The lowest BCUT2D eigenvalue weighted by Crippen LogP contribution is -2.06. The number of aliphatic hydroxyl groups is 1. The van der Waals surface area contributed by atoms with E-state index in [9.17, 15) is 0 Å². The van der Waals surface area contributed by atoms with Gasteiger partial charge in [0.15, 0.2) is 17.0 Å². The first-order chi connectivity index (χ1) is 11.6. The summed E-state index contributed by atoms with van der Waals surface area (Å²) in [5.74, 6) is 1.33. The summed E-state index contributed by atoms with van der Waals surface area (Å²) in [5, 5.41) is 13.0. The average Bonchev–Trinajstić information content (AvgIpc) is 2.97. The van der Waals surface area contributed by atoms with Gasteiger partial charge >= 0.3 is 0 Å². The molecule has 0 aliphatic rings. The van der Waals surface area contributed by atoms with Gasteiger partial charge in [-0.25, -0.2) is 15.0 Å². The van der Waals surface area contributed by atoms with E-state index in [4.69, 9.17) is 16.7 Å². The quantitative estimate of drug-likeness (QED) is 0.712. The maximum absolute atomic E-state index is 9.08. The molecule has 24 heavy (non-hydrogen) atoms. The Labute approximate surface area is 145 Å². The molecule has 0 atom stereocenters. The number of aliphatic hydroxyl groups excluding tert-OH is 1. The van der Waals surface area contributed by atoms with Crippen LogP contribution in [0.2, 0.25) is 5.02 Å². The van der Waals surface area contributed by atoms with E-state index >= 15 is 0 Å². The molecule has 0 unspecified atom stereocenters. The molecule has 7 heteroatoms. The number of imidazole rings is 1. The standard InChI is InChI=1S/C17H20ClN5O/c1-11(2)23-10-19-15-16(20-13-6-3-5-12(18)9-13)21-14(7-4-8-24)22-17(15)23/h3,5-6,9-11,24H,4,7-8H2,1-2H3,(H,20,21,22). The highest BCUT2D eigenvalue weighted by Crippen LogP contribution is 2.26. The van der Waals surface area contributed by atoms with E-state index in [1.807, 2.05) is 28.8 Å². The maximum Gasteiger partial charge on any atom is 0.166 e. The van der Waals surface area contributed by atoms with E-state index in [0.717, 1.165) is 16.9 Å². The number of halogens is 1. The molecule has 0 aliphatic heterocycles. The lowest BCUT2D eigenvalue weighted by molar-refractivity contribution is 0.287. The highest BCUT2D eigenvalue weighted by atomic mass is 35.5. The number of aromatic nitrogens is 4. The van der Waals surface area contributed by atoms with Gasteiger partial charge in [-0.1, -0.05) is 17.7 Å². The zero-order valence-corrected chi connectivity index (χ0v) is 14.5. The Hall–Kier alpha value is -2.18. The lowest BCUT2D eigenvalue weighted by Gasteiger charge is -2.11. The Morgan fingerprint density at radius 1 is 1.29 bits per heavy atom. The zero-order chi connectivity index (χ0) is 17.1. The fraction of sp³-hybridized carbons (Fsp3) is 0.353. The topological polar surface area (TPSA) is 75.9 Å². The Morgan fingerprint density at radius 2 is 2.12 bits per heavy atom. The van der Waals surface area contributed by atoms with Gasteiger partial charge in [0.1, 0.15) is 5.82 Å². The number of anilines is 2. The summed E-state index contributed by atoms with van der Waals surface area (Å²) in [5.41, 5.74) is 2.35. The number of nitrogens with one attached hydrogen (secondary N) is 1. The Balaban J connectivity index is 2.07. The van der Waals surface area contributed by atoms with Crippen LogP contribution in [-0.4, -0.2) is 31.2 Å². The summed E-state index contributed by atoms with van der Waals surface area (Å²) in [6, 6.07) is 7.70. The van der Waals surface area contributed by atoms with Crippen LogP contribution in [-0.2, 0) is 6.42 Å². The summed E-state index contributed by atoms with van der Waals surface area (Å²) in [6.07, 6.45) is 3.01. The number of aryl methyl sites for hydroxylation is 1. The summed E-state index contributed by atoms with van der Waals surface area (Å²) in [7, 11) is 0. The van der Waals surface area contributed by atoms with E-state index in [2.05, 4.69) is 34.1 Å². The molecule has 0 radical (unpaired) electrons. The average molecular weight is 346 g/mol. The minimum atomic E-state index is 0.113. The second-order valence-corrected chi connectivity index (χ2v) is 6.31. The van der Waals surface area contributed by atoms with Crippen molar-refractivity contribution >= 4 is 34.3 Å². The van der Waals surface area contributed by atoms with Gasteiger partial charge in [-0.05, 0) is 38.5 Å². The number of hydrogen-bond donors (Lipinski definition) is 2. The fourth-order valence-corrected chi connectivity index (χ4v) is 2.67. The molecular formula is C17H20ClN5O. The first kappa shape index (κ1) is 16.7. The van der Waals surface area contributed by atoms with Crippen molar-refractivity contribution in [2.75, 3.05) is 11.9 Å². The molecule has 126 valence electrons. The predicted molar refractivity (Wildman–Crippen MR) is 95.8 cm³/mol. The smallest absolute Gasteiger partial charge is 0.166 e. The molecule has 0 saturated heterocycles. The first-order valence-corrected chi connectivity index (χ1v) is 8.33. The van der Waals surface area contributed by atoms with E-state index in [-0.39, 0.29) is 12.6 Å². The predicted octanol–water partition coefficient (Wildman–Crippen LogP) is 3.73. The molecule has 1 aromatic carbocycles. The molecule has 0 fully saturated rings. The summed E-state index contributed by atoms with van der Waals surface area (Å²) in [6.45, 7) is 4.28. The van der Waals surface area contributed by atoms with Crippen LogP contribution in [0.3, 0.4) is 0 Å². The number of benzene rings is 1. The van der Waals surface area contributed by atoms with Crippen LogP contribution in [0.5, 0.6) is 0 Å². The lowest BCUT2D eigenvalue weighted by atomic mass is 10.3. The van der Waals surface area contributed by atoms with Crippen LogP contribution in [0.25, 0.3) is 11.2 Å². The SMILES string of the molecule is CC(C)n1cnc2c(Nc3cccc(Cl)c3)nc(CCCO)nc21. The highest BCUT2D eigenvalue weighted by molar-refractivity contribution is 6.30. The van der Waals surface area contributed by atoms with Gasteiger partial charge in [-0.15, -0.1) is 0 Å². The van der Waals surface area contributed by atoms with Crippen LogP contribution in [0.15, 0.2) is 30.6 Å². The van der Waals surface area contributed by atoms with Crippen molar-refractivity contribution in [2.45, 2.75) is 32.7 Å². The number of nitrogens with zero attached hydrogens (tertiary/aromatic N) is 4. The van der Waals surface area contributed by atoms with Crippen LogP contribution in [0.1, 0.15) is 32.1 Å². The third-order valence-corrected chi connectivity index (χ3v) is 3.91. The molecule has 2 heterocycles. The fourth-order valence-electron chi connectivity index (χ4n) is 2.48. The largest absolute Gasteiger partial charge is 0.396 e. The third kappa shape index (κ3) is 3.49. The number of rotatable bonds is 6. The second kappa shape index (κ2) is 7.15. The number of fused-ring (bicyclic) bond motifs is 1. The summed E-state index contributed by atoms with van der Waals surface area (Å²) >= 11 is 6.05. The molecule has 2 N–H and O–H groups in total. The normalized spacial score (nSPS) is 11.4. The monoisotopic (exact) mass is 345 g/mol. The highest BCUT2D eigenvalue weighted by Gasteiger charge is 2.15. The van der Waals surface area contributed by atoms with Gasteiger partial charge in [0, 0.05) is 29.8 Å². The van der Waals surface area contributed by atoms with Crippen molar-refractivity contribution < 1.29 is 5.11 Å².